The number of hydrogen-bond donors (Lipinski definition) is 2. The van der Waals surface area contributed by atoms with E-state index in [0.717, 1.165) is 30.5 Å². The van der Waals surface area contributed by atoms with Gasteiger partial charge in [0.25, 0.3) is 0 Å². The molecule has 1 amide bonds. The number of hydrogen-bond acceptors (Lipinski definition) is 3. The molecule has 0 aliphatic heterocycles. The Bertz CT molecular complexity index is 390. The molecule has 0 saturated carbocycles. The zero-order valence-corrected chi connectivity index (χ0v) is 11.4. The summed E-state index contributed by atoms with van der Waals surface area (Å²) in [6.07, 6.45) is 6.25. The van der Waals surface area contributed by atoms with Gasteiger partial charge in [0.2, 0.25) is 5.91 Å². The fraction of sp³-hybridized carbons (Fsp3) is 0.571. The number of anilines is 1. The van der Waals surface area contributed by atoms with Crippen LogP contribution in [-0.4, -0.2) is 16.9 Å². The van der Waals surface area contributed by atoms with Crippen LogP contribution < -0.4 is 11.1 Å². The number of rotatable bonds is 6. The molecular weight excluding hydrogens is 226 g/mol. The Hall–Kier alpha value is -1.42. The van der Waals surface area contributed by atoms with E-state index < -0.39 is 0 Å². The van der Waals surface area contributed by atoms with Gasteiger partial charge in [-0.1, -0.05) is 13.3 Å². The second-order valence-electron chi connectivity index (χ2n) is 5.05. The van der Waals surface area contributed by atoms with E-state index in [0.29, 0.717) is 0 Å². The molecule has 100 valence electrons. The fourth-order valence-corrected chi connectivity index (χ4v) is 1.77. The molecule has 4 nitrogen and oxygen atoms in total. The number of aryl methyl sites for hydroxylation is 1. The first-order valence-electron chi connectivity index (χ1n) is 6.47. The van der Waals surface area contributed by atoms with Crippen molar-refractivity contribution in [3.05, 3.63) is 24.0 Å². The van der Waals surface area contributed by atoms with Gasteiger partial charge in [-0.05, 0) is 38.3 Å². The Morgan fingerprint density at radius 2 is 2.11 bits per heavy atom. The Balaban J connectivity index is 2.40. The summed E-state index contributed by atoms with van der Waals surface area (Å²) in [7, 11) is 0. The van der Waals surface area contributed by atoms with Crippen LogP contribution in [0.4, 0.5) is 5.69 Å². The Morgan fingerprint density at radius 1 is 1.39 bits per heavy atom. The molecule has 3 N–H and O–H groups in total. The molecule has 0 saturated heterocycles. The van der Waals surface area contributed by atoms with E-state index in [-0.39, 0.29) is 17.9 Å². The lowest BCUT2D eigenvalue weighted by molar-refractivity contribution is -0.119. The summed E-state index contributed by atoms with van der Waals surface area (Å²) in [5.74, 6) is 0.0522. The van der Waals surface area contributed by atoms with Crippen molar-refractivity contribution in [2.75, 3.05) is 5.32 Å². The van der Waals surface area contributed by atoms with Crippen LogP contribution in [0, 0.1) is 12.8 Å². The number of pyridine rings is 1. The average Bonchev–Trinajstić information content (AvgIpc) is 2.28. The molecule has 0 radical (unpaired) electrons. The van der Waals surface area contributed by atoms with Crippen molar-refractivity contribution in [3.63, 3.8) is 0 Å². The molecule has 0 fully saturated rings. The van der Waals surface area contributed by atoms with Crippen molar-refractivity contribution >= 4 is 11.6 Å². The highest BCUT2D eigenvalue weighted by Crippen LogP contribution is 2.13. The molecule has 0 spiro atoms. The first kappa shape index (κ1) is 14.6. The Labute approximate surface area is 109 Å². The summed E-state index contributed by atoms with van der Waals surface area (Å²) in [6, 6.07) is 2.13. The van der Waals surface area contributed by atoms with Crippen LogP contribution in [0.25, 0.3) is 0 Å². The van der Waals surface area contributed by atoms with Gasteiger partial charge in [0.1, 0.15) is 0 Å². The van der Waals surface area contributed by atoms with Crippen molar-refractivity contribution in [2.24, 2.45) is 11.7 Å². The van der Waals surface area contributed by atoms with E-state index in [2.05, 4.69) is 10.3 Å². The van der Waals surface area contributed by atoms with Gasteiger partial charge in [0, 0.05) is 18.2 Å². The Kier molecular flexibility index (Phi) is 5.78. The molecule has 1 rings (SSSR count). The predicted molar refractivity (Wildman–Crippen MR) is 74.3 cm³/mol. The van der Waals surface area contributed by atoms with Crippen molar-refractivity contribution < 1.29 is 4.79 Å². The maximum atomic E-state index is 11.9. The van der Waals surface area contributed by atoms with Crippen molar-refractivity contribution in [2.45, 2.75) is 46.1 Å². The molecule has 2 unspecified atom stereocenters. The summed E-state index contributed by atoms with van der Waals surface area (Å²) in [5.41, 5.74) is 7.49. The van der Waals surface area contributed by atoms with E-state index in [9.17, 15) is 4.79 Å². The van der Waals surface area contributed by atoms with Crippen molar-refractivity contribution in [3.8, 4) is 0 Å². The highest BCUT2D eigenvalue weighted by molar-refractivity contribution is 5.92. The molecule has 1 aromatic rings. The van der Waals surface area contributed by atoms with Crippen LogP contribution in [0.3, 0.4) is 0 Å². The van der Waals surface area contributed by atoms with Gasteiger partial charge in [-0.3, -0.25) is 9.78 Å². The fourth-order valence-electron chi connectivity index (χ4n) is 1.77. The number of nitrogens with two attached hydrogens (primary N) is 1. The van der Waals surface area contributed by atoms with Gasteiger partial charge in [-0.25, -0.2) is 0 Å². The van der Waals surface area contributed by atoms with E-state index in [1.54, 1.807) is 12.4 Å². The van der Waals surface area contributed by atoms with Gasteiger partial charge in [0.15, 0.2) is 0 Å². The first-order valence-corrected chi connectivity index (χ1v) is 6.47. The molecule has 0 aliphatic rings. The summed E-state index contributed by atoms with van der Waals surface area (Å²) in [4.78, 5) is 16.0. The first-order chi connectivity index (χ1) is 8.49. The highest BCUT2D eigenvalue weighted by Gasteiger charge is 2.13. The minimum Gasteiger partial charge on any atom is -0.328 e. The molecule has 18 heavy (non-hydrogen) atoms. The number of carbonyl (C=O) groups is 1. The SMILES string of the molecule is Cc1cncc(NC(=O)C(C)CCCC(C)N)c1. The van der Waals surface area contributed by atoms with Gasteiger partial charge < -0.3 is 11.1 Å². The van der Waals surface area contributed by atoms with Crippen LogP contribution in [0.2, 0.25) is 0 Å². The number of carbonyl (C=O) groups excluding carboxylic acids is 1. The zero-order chi connectivity index (χ0) is 13.5. The predicted octanol–water partition coefficient (Wildman–Crippen LogP) is 2.48. The monoisotopic (exact) mass is 249 g/mol. The third-order valence-corrected chi connectivity index (χ3v) is 2.89. The molecule has 0 aromatic carbocycles. The molecule has 4 heteroatoms. The second kappa shape index (κ2) is 7.11. The molecule has 1 aromatic heterocycles. The van der Waals surface area contributed by atoms with E-state index in [4.69, 9.17) is 5.73 Å². The van der Waals surface area contributed by atoms with E-state index in [1.807, 2.05) is 26.8 Å². The quantitative estimate of drug-likeness (QED) is 0.814. The number of aromatic nitrogens is 1. The minimum atomic E-state index is 0.00395. The van der Waals surface area contributed by atoms with Crippen molar-refractivity contribution in [1.82, 2.24) is 4.98 Å². The second-order valence-corrected chi connectivity index (χ2v) is 5.05. The van der Waals surface area contributed by atoms with Crippen LogP contribution >= 0.6 is 0 Å². The van der Waals surface area contributed by atoms with Crippen LogP contribution in [-0.2, 0) is 4.79 Å². The van der Waals surface area contributed by atoms with Gasteiger partial charge in [0.05, 0.1) is 11.9 Å². The largest absolute Gasteiger partial charge is 0.328 e. The molecule has 0 aliphatic carbocycles. The van der Waals surface area contributed by atoms with Crippen molar-refractivity contribution in [1.29, 1.82) is 0 Å². The molecule has 2 atom stereocenters. The topological polar surface area (TPSA) is 68.0 Å². The third-order valence-electron chi connectivity index (χ3n) is 2.89. The van der Waals surface area contributed by atoms with Crippen LogP contribution in [0.5, 0.6) is 0 Å². The molecule has 1 heterocycles. The zero-order valence-electron chi connectivity index (χ0n) is 11.4. The molecular formula is C14H23N3O. The number of amides is 1. The van der Waals surface area contributed by atoms with Crippen LogP contribution in [0.1, 0.15) is 38.7 Å². The third kappa shape index (κ3) is 5.27. The van der Waals surface area contributed by atoms with Crippen LogP contribution in [0.15, 0.2) is 18.5 Å². The lowest BCUT2D eigenvalue weighted by atomic mass is 10.0. The average molecular weight is 249 g/mol. The normalized spacial score (nSPS) is 14.0. The summed E-state index contributed by atoms with van der Waals surface area (Å²) >= 11 is 0. The lowest BCUT2D eigenvalue weighted by Gasteiger charge is -2.13. The lowest BCUT2D eigenvalue weighted by Crippen LogP contribution is -2.21. The minimum absolute atomic E-state index is 0.00395. The van der Waals surface area contributed by atoms with Gasteiger partial charge in [-0.15, -0.1) is 0 Å². The maximum absolute atomic E-state index is 11.9. The van der Waals surface area contributed by atoms with E-state index in [1.165, 1.54) is 0 Å². The number of nitrogens with zero attached hydrogens (tertiary/aromatic N) is 1. The summed E-state index contributed by atoms with van der Waals surface area (Å²) in [5, 5.41) is 2.89. The Morgan fingerprint density at radius 3 is 2.72 bits per heavy atom. The van der Waals surface area contributed by atoms with Gasteiger partial charge >= 0.3 is 0 Å². The van der Waals surface area contributed by atoms with Gasteiger partial charge in [-0.2, -0.15) is 0 Å². The summed E-state index contributed by atoms with van der Waals surface area (Å²) in [6.45, 7) is 5.89. The maximum Gasteiger partial charge on any atom is 0.227 e. The standard InChI is InChI=1S/C14H23N3O/c1-10-7-13(9-16-8-10)17-14(18)11(2)5-4-6-12(3)15/h7-9,11-12H,4-6,15H2,1-3H3,(H,17,18). The summed E-state index contributed by atoms with van der Waals surface area (Å²) < 4.78 is 0. The number of nitrogens with one attached hydrogen (secondary N) is 1. The molecule has 0 bridgehead atoms. The smallest absolute Gasteiger partial charge is 0.227 e. The highest BCUT2D eigenvalue weighted by atomic mass is 16.1. The van der Waals surface area contributed by atoms with E-state index >= 15 is 0 Å².